The Kier molecular flexibility index (Phi) is 5.32. The Bertz CT molecular complexity index is 1430. The molecule has 33 heavy (non-hydrogen) atoms. The van der Waals surface area contributed by atoms with Crippen molar-refractivity contribution >= 4 is 44.6 Å². The molecule has 0 spiro atoms. The van der Waals surface area contributed by atoms with E-state index in [0.29, 0.717) is 27.8 Å². The highest BCUT2D eigenvalue weighted by molar-refractivity contribution is 8.14. The van der Waals surface area contributed by atoms with Crippen molar-refractivity contribution in [3.05, 3.63) is 71.3 Å². The second-order valence-corrected chi connectivity index (χ2v) is 9.43. The summed E-state index contributed by atoms with van der Waals surface area (Å²) >= 11 is 1.39. The molecule has 0 bridgehead atoms. The first-order valence-corrected chi connectivity index (χ1v) is 11.5. The topological polar surface area (TPSA) is 87.6 Å². The predicted molar refractivity (Wildman–Crippen MR) is 129 cm³/mol. The number of aromatic amines is 1. The molecule has 2 aromatic heterocycles. The van der Waals surface area contributed by atoms with Crippen LogP contribution in [0.1, 0.15) is 17.0 Å². The summed E-state index contributed by atoms with van der Waals surface area (Å²) in [5, 5.41) is 12.5. The van der Waals surface area contributed by atoms with E-state index in [2.05, 4.69) is 21.9 Å². The van der Waals surface area contributed by atoms with Crippen molar-refractivity contribution in [2.24, 2.45) is 4.99 Å². The molecule has 0 saturated carbocycles. The third-order valence-corrected chi connectivity index (χ3v) is 6.98. The van der Waals surface area contributed by atoms with E-state index in [1.807, 2.05) is 37.3 Å². The summed E-state index contributed by atoms with van der Waals surface area (Å²) in [6, 6.07) is 14.1. The van der Waals surface area contributed by atoms with E-state index in [-0.39, 0.29) is 18.8 Å². The molecule has 3 heterocycles. The number of ether oxygens (including phenoxy) is 1. The minimum atomic E-state index is -1.29. The number of hydrogen-bond acceptors (Lipinski definition) is 5. The fourth-order valence-electron chi connectivity index (χ4n) is 4.21. The lowest BCUT2D eigenvalue weighted by atomic mass is 9.96. The molecule has 5 rings (SSSR count). The number of fused-ring (bicyclic) bond motifs is 2. The van der Waals surface area contributed by atoms with Gasteiger partial charge >= 0.3 is 5.97 Å². The Morgan fingerprint density at radius 3 is 2.88 bits per heavy atom. The number of nitrogens with one attached hydrogen (secondary N) is 1. The second kappa shape index (κ2) is 8.19. The lowest BCUT2D eigenvalue weighted by Gasteiger charge is -2.19. The third-order valence-electron chi connectivity index (χ3n) is 5.82. The highest BCUT2D eigenvalue weighted by Crippen LogP contribution is 2.33. The smallest absolute Gasteiger partial charge is 0.332 e. The van der Waals surface area contributed by atoms with Crippen LogP contribution in [0.2, 0.25) is 0 Å². The second-order valence-electron chi connectivity index (χ2n) is 8.38. The quantitative estimate of drug-likeness (QED) is 0.417. The molecule has 0 aliphatic carbocycles. The number of carbonyl (C=O) groups is 1. The number of aromatic nitrogens is 2. The summed E-state index contributed by atoms with van der Waals surface area (Å²) in [7, 11) is 0. The Labute approximate surface area is 193 Å². The zero-order valence-electron chi connectivity index (χ0n) is 18.2. The normalized spacial score (nSPS) is 18.1. The molecule has 8 heteroatoms. The number of aliphatic carboxylic acids is 1. The lowest BCUT2D eigenvalue weighted by molar-refractivity contribution is -0.142. The van der Waals surface area contributed by atoms with Crippen LogP contribution in [-0.2, 0) is 11.2 Å². The zero-order chi connectivity index (χ0) is 23.2. The largest absolute Gasteiger partial charge is 0.487 e. The summed E-state index contributed by atoms with van der Waals surface area (Å²) in [6.07, 6.45) is 0.188. The maximum absolute atomic E-state index is 13.5. The number of rotatable bonds is 6. The van der Waals surface area contributed by atoms with Crippen LogP contribution in [0.5, 0.6) is 5.75 Å². The van der Waals surface area contributed by atoms with E-state index < -0.39 is 11.5 Å². The average Bonchev–Trinajstić information content (AvgIpc) is 3.36. The highest BCUT2D eigenvalue weighted by atomic mass is 32.2. The van der Waals surface area contributed by atoms with E-state index in [0.717, 1.165) is 27.5 Å². The standard InChI is InChI=1S/C25H22FN3O3S/c1-14-7-15(2)27-22-10-19(5-6-20(14)22)32-12-23-29-25(13-33-23,24(30)31)11-18-8-16-3-4-17(26)9-21(16)28-18/h3-10,28H,11-13H2,1-2H3,(H,30,31). The Morgan fingerprint density at radius 1 is 1.21 bits per heavy atom. The van der Waals surface area contributed by atoms with Crippen molar-refractivity contribution in [3.63, 3.8) is 0 Å². The van der Waals surface area contributed by atoms with Crippen LogP contribution in [0.3, 0.4) is 0 Å². The van der Waals surface area contributed by atoms with Gasteiger partial charge in [-0.1, -0.05) is 0 Å². The van der Waals surface area contributed by atoms with Gasteiger partial charge in [-0.05, 0) is 67.3 Å². The van der Waals surface area contributed by atoms with Crippen molar-refractivity contribution in [1.82, 2.24) is 9.97 Å². The molecule has 0 radical (unpaired) electrons. The van der Waals surface area contributed by atoms with Gasteiger partial charge in [-0.25, -0.2) is 9.18 Å². The summed E-state index contributed by atoms with van der Waals surface area (Å²) in [5.74, 6) is -0.362. The molecule has 1 unspecified atom stereocenters. The number of pyridine rings is 1. The molecule has 4 aromatic rings. The molecule has 1 atom stereocenters. The number of benzene rings is 2. The van der Waals surface area contributed by atoms with Gasteiger partial charge in [0.05, 0.1) is 5.52 Å². The molecule has 2 aromatic carbocycles. The van der Waals surface area contributed by atoms with Crippen LogP contribution < -0.4 is 4.74 Å². The van der Waals surface area contributed by atoms with Gasteiger partial charge in [0.1, 0.15) is 23.2 Å². The molecule has 2 N–H and O–H groups in total. The number of carboxylic acids is 1. The van der Waals surface area contributed by atoms with Crippen molar-refractivity contribution < 1.29 is 19.0 Å². The Hall–Kier alpha value is -3.39. The van der Waals surface area contributed by atoms with Gasteiger partial charge in [-0.3, -0.25) is 9.98 Å². The number of halogens is 1. The van der Waals surface area contributed by atoms with Gasteiger partial charge in [0, 0.05) is 40.5 Å². The SMILES string of the molecule is Cc1cc(C)c2ccc(OCC3=NC(Cc4cc5ccc(F)cc5[nH]4)(C(=O)O)CS3)cc2n1. The molecule has 1 aliphatic rings. The molecule has 1 aliphatic heterocycles. The maximum Gasteiger partial charge on any atom is 0.332 e. The van der Waals surface area contributed by atoms with Crippen LogP contribution in [0.25, 0.3) is 21.8 Å². The van der Waals surface area contributed by atoms with Crippen molar-refractivity contribution in [2.45, 2.75) is 25.8 Å². The van der Waals surface area contributed by atoms with E-state index >= 15 is 0 Å². The molecule has 6 nitrogen and oxygen atoms in total. The number of thioether (sulfide) groups is 1. The first kappa shape index (κ1) is 21.5. The lowest BCUT2D eigenvalue weighted by Crippen LogP contribution is -2.39. The molecule has 0 fully saturated rings. The van der Waals surface area contributed by atoms with Gasteiger partial charge in [-0.15, -0.1) is 11.8 Å². The monoisotopic (exact) mass is 463 g/mol. The van der Waals surface area contributed by atoms with Gasteiger partial charge in [0.15, 0.2) is 5.54 Å². The van der Waals surface area contributed by atoms with Crippen molar-refractivity contribution in [3.8, 4) is 5.75 Å². The molecular weight excluding hydrogens is 441 g/mol. The van der Waals surface area contributed by atoms with Crippen LogP contribution in [-0.4, -0.2) is 44.0 Å². The predicted octanol–water partition coefficient (Wildman–Crippen LogP) is 5.06. The van der Waals surface area contributed by atoms with Gasteiger partial charge in [0.25, 0.3) is 0 Å². The van der Waals surface area contributed by atoms with E-state index in [9.17, 15) is 14.3 Å². The molecule has 0 amide bonds. The number of aryl methyl sites for hydroxylation is 2. The number of hydrogen-bond donors (Lipinski definition) is 2. The van der Waals surface area contributed by atoms with Gasteiger partial charge < -0.3 is 14.8 Å². The summed E-state index contributed by atoms with van der Waals surface area (Å²) in [4.78, 5) is 24.4. The Balaban J connectivity index is 1.35. The fourth-order valence-corrected chi connectivity index (χ4v) is 5.29. The zero-order valence-corrected chi connectivity index (χ0v) is 19.0. The summed E-state index contributed by atoms with van der Waals surface area (Å²) < 4.78 is 19.4. The number of aliphatic imine (C=N–C) groups is 1. The van der Waals surface area contributed by atoms with Crippen LogP contribution in [0.4, 0.5) is 4.39 Å². The van der Waals surface area contributed by atoms with E-state index in [1.165, 1.54) is 23.9 Å². The third kappa shape index (κ3) is 4.18. The number of H-pyrrole nitrogens is 1. The van der Waals surface area contributed by atoms with Gasteiger partial charge in [0.2, 0.25) is 0 Å². The minimum Gasteiger partial charge on any atom is -0.487 e. The minimum absolute atomic E-state index is 0.188. The summed E-state index contributed by atoms with van der Waals surface area (Å²) in [6.45, 7) is 4.20. The van der Waals surface area contributed by atoms with Crippen molar-refractivity contribution in [2.75, 3.05) is 12.4 Å². The van der Waals surface area contributed by atoms with Gasteiger partial charge in [-0.2, -0.15) is 0 Å². The average molecular weight is 464 g/mol. The maximum atomic E-state index is 13.5. The fraction of sp³-hybridized carbons (Fsp3) is 0.240. The summed E-state index contributed by atoms with van der Waals surface area (Å²) in [5.41, 5.74) is 3.02. The van der Waals surface area contributed by atoms with Crippen LogP contribution in [0, 0.1) is 19.7 Å². The molecule has 168 valence electrons. The van der Waals surface area contributed by atoms with Crippen LogP contribution in [0.15, 0.2) is 53.5 Å². The first-order valence-electron chi connectivity index (χ1n) is 10.5. The van der Waals surface area contributed by atoms with Crippen molar-refractivity contribution in [1.29, 1.82) is 0 Å². The molecular formula is C25H22FN3O3S. The number of carboxylic acid groups (broad SMARTS) is 1. The number of nitrogens with zero attached hydrogens (tertiary/aromatic N) is 2. The Morgan fingerprint density at radius 2 is 2.06 bits per heavy atom. The van der Waals surface area contributed by atoms with E-state index in [4.69, 9.17) is 4.74 Å². The van der Waals surface area contributed by atoms with E-state index in [1.54, 1.807) is 6.07 Å². The highest BCUT2D eigenvalue weighted by Gasteiger charge is 2.43. The van der Waals surface area contributed by atoms with Crippen LogP contribution >= 0.6 is 11.8 Å². The molecule has 0 saturated heterocycles. The first-order chi connectivity index (χ1) is 15.8.